The Labute approximate surface area is 91.1 Å². The van der Waals surface area contributed by atoms with Crippen molar-refractivity contribution in [2.75, 3.05) is 6.54 Å². The molecule has 1 aromatic rings. The van der Waals surface area contributed by atoms with Crippen LogP contribution < -0.4 is 11.1 Å². The molecule has 0 saturated carbocycles. The number of nitrogens with two attached hydrogens (primary N) is 1. The van der Waals surface area contributed by atoms with Crippen LogP contribution in [0.25, 0.3) is 0 Å². The van der Waals surface area contributed by atoms with Gasteiger partial charge in [0.15, 0.2) is 17.4 Å². The molecule has 0 aliphatic carbocycles. The van der Waals surface area contributed by atoms with Gasteiger partial charge in [0.25, 0.3) is 0 Å². The Morgan fingerprint density at radius 3 is 2.44 bits per heavy atom. The number of benzene rings is 1. The largest absolute Gasteiger partial charge is 0.503 e. The number of phenolic OH excluding ortho intramolecular Hbond substituents is 1. The van der Waals surface area contributed by atoms with E-state index in [1.165, 1.54) is 0 Å². The zero-order valence-electron chi connectivity index (χ0n) is 8.46. The van der Waals surface area contributed by atoms with Crippen molar-refractivity contribution in [3.05, 3.63) is 29.3 Å². The maximum atomic E-state index is 12.9. The standard InChI is InChI=1S/C10H12F2N2O2/c11-7-3-6(4-8(12)10(7)16)5-14-2-1-9(13)15/h3-4,14,16H,1-2,5H2,(H2,13,15). The monoisotopic (exact) mass is 230 g/mol. The number of phenols is 1. The van der Waals surface area contributed by atoms with Crippen molar-refractivity contribution >= 4 is 5.91 Å². The maximum Gasteiger partial charge on any atom is 0.218 e. The molecule has 0 aliphatic rings. The van der Waals surface area contributed by atoms with Crippen LogP contribution in [0.4, 0.5) is 8.78 Å². The van der Waals surface area contributed by atoms with E-state index < -0.39 is 23.3 Å². The van der Waals surface area contributed by atoms with Gasteiger partial charge < -0.3 is 16.2 Å². The van der Waals surface area contributed by atoms with Gasteiger partial charge in [-0.15, -0.1) is 0 Å². The highest BCUT2D eigenvalue weighted by Gasteiger charge is 2.09. The molecule has 0 heterocycles. The lowest BCUT2D eigenvalue weighted by molar-refractivity contribution is -0.117. The molecule has 4 nitrogen and oxygen atoms in total. The first-order chi connectivity index (χ1) is 7.50. The first-order valence-corrected chi connectivity index (χ1v) is 4.66. The van der Waals surface area contributed by atoms with E-state index >= 15 is 0 Å². The Balaban J connectivity index is 2.52. The molecule has 0 unspecified atom stereocenters. The number of hydrogen-bond donors (Lipinski definition) is 3. The number of hydrogen-bond acceptors (Lipinski definition) is 3. The predicted molar refractivity (Wildman–Crippen MR) is 53.5 cm³/mol. The highest BCUT2D eigenvalue weighted by atomic mass is 19.1. The summed E-state index contributed by atoms with van der Waals surface area (Å²) in [5.74, 6) is -3.45. The van der Waals surface area contributed by atoms with Gasteiger partial charge in [-0.3, -0.25) is 4.79 Å². The number of amides is 1. The third-order valence-electron chi connectivity index (χ3n) is 1.95. The third kappa shape index (κ3) is 3.47. The number of halogens is 2. The Morgan fingerprint density at radius 1 is 1.38 bits per heavy atom. The molecule has 0 aromatic heterocycles. The molecule has 0 saturated heterocycles. The van der Waals surface area contributed by atoms with E-state index in [1.807, 2.05) is 0 Å². The van der Waals surface area contributed by atoms with Crippen LogP contribution in [0.15, 0.2) is 12.1 Å². The van der Waals surface area contributed by atoms with Gasteiger partial charge in [-0.2, -0.15) is 0 Å². The van der Waals surface area contributed by atoms with E-state index in [9.17, 15) is 13.6 Å². The molecule has 4 N–H and O–H groups in total. The first kappa shape index (κ1) is 12.4. The van der Waals surface area contributed by atoms with Crippen molar-refractivity contribution in [1.29, 1.82) is 0 Å². The van der Waals surface area contributed by atoms with Crippen molar-refractivity contribution in [1.82, 2.24) is 5.32 Å². The molecule has 0 fully saturated rings. The van der Waals surface area contributed by atoms with Crippen LogP contribution in [0, 0.1) is 11.6 Å². The van der Waals surface area contributed by atoms with Gasteiger partial charge in [-0.1, -0.05) is 0 Å². The molecule has 1 rings (SSSR count). The van der Waals surface area contributed by atoms with E-state index in [-0.39, 0.29) is 13.0 Å². The minimum atomic E-state index is -1.01. The third-order valence-corrected chi connectivity index (χ3v) is 1.95. The maximum absolute atomic E-state index is 12.9. The summed E-state index contributed by atoms with van der Waals surface area (Å²) in [6.45, 7) is 0.529. The number of carbonyl (C=O) groups excluding carboxylic acids is 1. The fourth-order valence-electron chi connectivity index (χ4n) is 1.16. The Hall–Kier alpha value is -1.69. The van der Waals surface area contributed by atoms with E-state index in [1.54, 1.807) is 0 Å². The molecule has 0 bridgehead atoms. The lowest BCUT2D eigenvalue weighted by atomic mass is 10.2. The van der Waals surface area contributed by atoms with Gasteiger partial charge in [0, 0.05) is 19.5 Å². The van der Waals surface area contributed by atoms with Crippen LogP contribution in [0.3, 0.4) is 0 Å². The zero-order valence-corrected chi connectivity index (χ0v) is 8.46. The van der Waals surface area contributed by atoms with Crippen LogP contribution in [0.2, 0.25) is 0 Å². The second-order valence-corrected chi connectivity index (χ2v) is 3.30. The normalized spacial score (nSPS) is 10.4. The van der Waals surface area contributed by atoms with E-state index in [2.05, 4.69) is 5.32 Å². The molecule has 0 spiro atoms. The van der Waals surface area contributed by atoms with E-state index in [4.69, 9.17) is 10.8 Å². The average molecular weight is 230 g/mol. The van der Waals surface area contributed by atoms with Crippen LogP contribution in [-0.2, 0) is 11.3 Å². The number of carbonyl (C=O) groups is 1. The van der Waals surface area contributed by atoms with Crippen molar-refractivity contribution in [3.63, 3.8) is 0 Å². The molecular weight excluding hydrogens is 218 g/mol. The van der Waals surface area contributed by atoms with Gasteiger partial charge in [-0.05, 0) is 17.7 Å². The fourth-order valence-corrected chi connectivity index (χ4v) is 1.16. The summed E-state index contributed by atoms with van der Waals surface area (Å²) in [6, 6.07) is 2.05. The zero-order chi connectivity index (χ0) is 12.1. The molecule has 16 heavy (non-hydrogen) atoms. The van der Waals surface area contributed by atoms with Gasteiger partial charge in [0.05, 0.1) is 0 Å². The van der Waals surface area contributed by atoms with Crippen LogP contribution in [-0.4, -0.2) is 17.6 Å². The molecular formula is C10H12F2N2O2. The number of rotatable bonds is 5. The Kier molecular flexibility index (Phi) is 4.19. The summed E-state index contributed by atoms with van der Waals surface area (Å²) < 4.78 is 25.8. The minimum absolute atomic E-state index is 0.156. The summed E-state index contributed by atoms with van der Waals surface area (Å²) in [4.78, 5) is 10.4. The summed E-state index contributed by atoms with van der Waals surface area (Å²) in [5, 5.41) is 11.6. The molecule has 6 heteroatoms. The SMILES string of the molecule is NC(=O)CCNCc1cc(F)c(O)c(F)c1. The summed E-state index contributed by atoms with van der Waals surface area (Å²) >= 11 is 0. The van der Waals surface area contributed by atoms with Gasteiger partial charge in [-0.25, -0.2) is 8.78 Å². The van der Waals surface area contributed by atoms with E-state index in [0.29, 0.717) is 12.1 Å². The second-order valence-electron chi connectivity index (χ2n) is 3.30. The second kappa shape index (κ2) is 5.41. The highest BCUT2D eigenvalue weighted by molar-refractivity contribution is 5.73. The molecule has 1 amide bonds. The van der Waals surface area contributed by atoms with Crippen LogP contribution >= 0.6 is 0 Å². The number of primary amides is 1. The Bertz CT molecular complexity index is 373. The quantitative estimate of drug-likeness (QED) is 0.649. The average Bonchev–Trinajstić information content (AvgIpc) is 2.20. The lowest BCUT2D eigenvalue weighted by Gasteiger charge is -2.05. The number of nitrogens with one attached hydrogen (secondary N) is 1. The number of aromatic hydroxyl groups is 1. The van der Waals surface area contributed by atoms with Crippen molar-refractivity contribution in [2.45, 2.75) is 13.0 Å². The molecule has 0 atom stereocenters. The van der Waals surface area contributed by atoms with E-state index in [0.717, 1.165) is 12.1 Å². The minimum Gasteiger partial charge on any atom is -0.503 e. The Morgan fingerprint density at radius 2 is 1.94 bits per heavy atom. The lowest BCUT2D eigenvalue weighted by Crippen LogP contribution is -2.21. The predicted octanol–water partition coefficient (Wildman–Crippen LogP) is 0.635. The molecule has 0 aliphatic heterocycles. The van der Waals surface area contributed by atoms with Gasteiger partial charge >= 0.3 is 0 Å². The topological polar surface area (TPSA) is 75.4 Å². The summed E-state index contributed by atoms with van der Waals surface area (Å²) in [5.41, 5.74) is 5.25. The summed E-state index contributed by atoms with van der Waals surface area (Å²) in [7, 11) is 0. The molecule has 1 aromatic carbocycles. The fraction of sp³-hybridized carbons (Fsp3) is 0.300. The first-order valence-electron chi connectivity index (χ1n) is 4.66. The van der Waals surface area contributed by atoms with Crippen molar-refractivity contribution in [3.8, 4) is 5.75 Å². The van der Waals surface area contributed by atoms with Gasteiger partial charge in [0.2, 0.25) is 5.91 Å². The molecule has 88 valence electrons. The highest BCUT2D eigenvalue weighted by Crippen LogP contribution is 2.21. The molecule has 0 radical (unpaired) electrons. The summed E-state index contributed by atoms with van der Waals surface area (Å²) in [6.07, 6.45) is 0.156. The van der Waals surface area contributed by atoms with Crippen LogP contribution in [0.5, 0.6) is 5.75 Å². The smallest absolute Gasteiger partial charge is 0.218 e. The van der Waals surface area contributed by atoms with Crippen LogP contribution in [0.1, 0.15) is 12.0 Å². The van der Waals surface area contributed by atoms with Crippen molar-refractivity contribution < 1.29 is 18.7 Å². The van der Waals surface area contributed by atoms with Crippen molar-refractivity contribution in [2.24, 2.45) is 5.73 Å². The van der Waals surface area contributed by atoms with Gasteiger partial charge in [0.1, 0.15) is 0 Å².